The summed E-state index contributed by atoms with van der Waals surface area (Å²) in [7, 11) is 0. The summed E-state index contributed by atoms with van der Waals surface area (Å²) in [4.78, 5) is 2.25. The Morgan fingerprint density at radius 3 is 2.57 bits per heavy atom. The predicted octanol–water partition coefficient (Wildman–Crippen LogP) is 0.994. The molecule has 14 heavy (non-hydrogen) atoms. The van der Waals surface area contributed by atoms with E-state index in [0.29, 0.717) is 12.6 Å². The molecule has 1 rings (SSSR count). The fourth-order valence-corrected chi connectivity index (χ4v) is 2.28. The monoisotopic (exact) mass is 201 g/mol. The van der Waals surface area contributed by atoms with Gasteiger partial charge in [0.2, 0.25) is 0 Å². The highest BCUT2D eigenvalue weighted by Gasteiger charge is 2.29. The van der Waals surface area contributed by atoms with Gasteiger partial charge in [0.1, 0.15) is 0 Å². The van der Waals surface area contributed by atoms with Crippen LogP contribution >= 0.6 is 0 Å². The Labute approximate surface area is 86.7 Å². The van der Waals surface area contributed by atoms with Crippen LogP contribution in [0.5, 0.6) is 0 Å². The lowest BCUT2D eigenvalue weighted by atomic mass is 10.1. The van der Waals surface area contributed by atoms with E-state index in [1.54, 1.807) is 0 Å². The van der Waals surface area contributed by atoms with E-state index < -0.39 is 0 Å². The quantitative estimate of drug-likeness (QED) is 0.673. The van der Waals surface area contributed by atoms with Gasteiger partial charge in [-0.05, 0) is 32.2 Å². The van der Waals surface area contributed by atoms with E-state index in [1.807, 2.05) is 0 Å². The molecule has 0 aliphatic heterocycles. The van der Waals surface area contributed by atoms with Crippen molar-refractivity contribution in [1.29, 1.82) is 0 Å². The number of hydrogen-bond donors (Lipinski definition) is 2. The average molecular weight is 201 g/mol. The molecule has 84 valence electrons. The van der Waals surface area contributed by atoms with E-state index in [2.05, 4.69) is 11.8 Å². The van der Waals surface area contributed by atoms with E-state index in [4.69, 9.17) is 5.11 Å². The van der Waals surface area contributed by atoms with Crippen molar-refractivity contribution in [2.75, 3.05) is 19.7 Å². The minimum atomic E-state index is -0.168. The molecular weight excluding hydrogens is 178 g/mol. The van der Waals surface area contributed by atoms with Crippen molar-refractivity contribution in [3.63, 3.8) is 0 Å². The summed E-state index contributed by atoms with van der Waals surface area (Å²) in [5.41, 5.74) is 0. The van der Waals surface area contributed by atoms with E-state index in [0.717, 1.165) is 32.2 Å². The molecule has 1 fully saturated rings. The predicted molar refractivity (Wildman–Crippen MR) is 57.2 cm³/mol. The van der Waals surface area contributed by atoms with Gasteiger partial charge < -0.3 is 10.2 Å². The molecule has 1 aliphatic carbocycles. The van der Waals surface area contributed by atoms with Crippen LogP contribution in [0.25, 0.3) is 0 Å². The molecule has 3 nitrogen and oxygen atoms in total. The lowest BCUT2D eigenvalue weighted by Gasteiger charge is -2.30. The van der Waals surface area contributed by atoms with E-state index in [1.165, 1.54) is 6.42 Å². The first-order valence-electron chi connectivity index (χ1n) is 5.82. The van der Waals surface area contributed by atoms with Gasteiger partial charge >= 0.3 is 0 Å². The zero-order valence-corrected chi connectivity index (χ0v) is 9.15. The molecule has 2 N–H and O–H groups in total. The Morgan fingerprint density at radius 1 is 1.29 bits per heavy atom. The number of hydrogen-bond acceptors (Lipinski definition) is 3. The molecule has 0 heterocycles. The normalized spacial score (nSPS) is 27.4. The van der Waals surface area contributed by atoms with Crippen LogP contribution in [-0.2, 0) is 0 Å². The molecule has 0 radical (unpaired) electrons. The Morgan fingerprint density at radius 2 is 2.07 bits per heavy atom. The first kappa shape index (κ1) is 12.0. The first-order valence-corrected chi connectivity index (χ1v) is 5.82. The zero-order chi connectivity index (χ0) is 10.4. The van der Waals surface area contributed by atoms with Gasteiger partial charge in [-0.1, -0.05) is 13.3 Å². The molecule has 0 amide bonds. The van der Waals surface area contributed by atoms with Gasteiger partial charge in [0.15, 0.2) is 0 Å². The Hall–Kier alpha value is -0.120. The summed E-state index contributed by atoms with van der Waals surface area (Å²) in [6.45, 7) is 4.09. The number of nitrogens with zero attached hydrogens (tertiary/aromatic N) is 1. The minimum Gasteiger partial charge on any atom is -0.395 e. The standard InChI is InChI=1S/C11H23NO2/c1-2-3-7-12(8-9-13)10-5-4-6-11(10)14/h10-11,13-14H,2-9H2,1H3/t10-,11-/m1/s1. The second-order valence-electron chi connectivity index (χ2n) is 4.18. The van der Waals surface area contributed by atoms with E-state index in [9.17, 15) is 5.11 Å². The molecule has 3 heteroatoms. The van der Waals surface area contributed by atoms with Crippen molar-refractivity contribution in [1.82, 2.24) is 4.90 Å². The van der Waals surface area contributed by atoms with Crippen LogP contribution < -0.4 is 0 Å². The maximum Gasteiger partial charge on any atom is 0.0695 e. The molecule has 0 saturated heterocycles. The van der Waals surface area contributed by atoms with Crippen molar-refractivity contribution in [2.24, 2.45) is 0 Å². The SMILES string of the molecule is CCCCN(CCO)[C@@H]1CCC[C@H]1O. The fraction of sp³-hybridized carbons (Fsp3) is 1.00. The molecule has 0 aromatic heterocycles. The molecule has 0 bridgehead atoms. The third-order valence-corrected chi connectivity index (χ3v) is 3.10. The first-order chi connectivity index (χ1) is 6.79. The van der Waals surface area contributed by atoms with Crippen LogP contribution in [-0.4, -0.2) is 47.0 Å². The number of aliphatic hydroxyl groups excluding tert-OH is 2. The molecule has 0 spiro atoms. The summed E-state index contributed by atoms with van der Waals surface area (Å²) < 4.78 is 0. The van der Waals surface area contributed by atoms with Gasteiger partial charge in [-0.15, -0.1) is 0 Å². The number of unbranched alkanes of at least 4 members (excludes halogenated alkanes) is 1. The third kappa shape index (κ3) is 3.23. The van der Waals surface area contributed by atoms with Gasteiger partial charge in [-0.3, -0.25) is 4.90 Å². The summed E-state index contributed by atoms with van der Waals surface area (Å²) >= 11 is 0. The summed E-state index contributed by atoms with van der Waals surface area (Å²) in [5.74, 6) is 0. The van der Waals surface area contributed by atoms with Gasteiger partial charge in [0.25, 0.3) is 0 Å². The van der Waals surface area contributed by atoms with E-state index >= 15 is 0 Å². The fourth-order valence-electron chi connectivity index (χ4n) is 2.28. The van der Waals surface area contributed by atoms with Crippen molar-refractivity contribution >= 4 is 0 Å². The van der Waals surface area contributed by atoms with Gasteiger partial charge in [0, 0.05) is 12.6 Å². The molecular formula is C11H23NO2. The van der Waals surface area contributed by atoms with Crippen LogP contribution in [0.4, 0.5) is 0 Å². The van der Waals surface area contributed by atoms with Crippen LogP contribution in [0.1, 0.15) is 39.0 Å². The lowest BCUT2D eigenvalue weighted by molar-refractivity contribution is 0.0585. The maximum atomic E-state index is 9.76. The summed E-state index contributed by atoms with van der Waals surface area (Å²) in [5, 5.41) is 18.7. The van der Waals surface area contributed by atoms with Gasteiger partial charge in [0.05, 0.1) is 12.7 Å². The summed E-state index contributed by atoms with van der Waals surface area (Å²) in [6.07, 6.45) is 5.30. The smallest absolute Gasteiger partial charge is 0.0695 e. The van der Waals surface area contributed by atoms with Crippen LogP contribution in [0.2, 0.25) is 0 Å². The van der Waals surface area contributed by atoms with Crippen molar-refractivity contribution < 1.29 is 10.2 Å². The molecule has 0 aromatic rings. The Balaban J connectivity index is 2.39. The lowest BCUT2D eigenvalue weighted by Crippen LogP contribution is -2.42. The highest BCUT2D eigenvalue weighted by molar-refractivity contribution is 4.84. The third-order valence-electron chi connectivity index (χ3n) is 3.10. The van der Waals surface area contributed by atoms with Crippen LogP contribution in [0.3, 0.4) is 0 Å². The van der Waals surface area contributed by atoms with Crippen molar-refractivity contribution in [3.8, 4) is 0 Å². The average Bonchev–Trinajstić information content (AvgIpc) is 2.59. The number of rotatable bonds is 6. The molecule has 1 aliphatic rings. The van der Waals surface area contributed by atoms with Crippen molar-refractivity contribution in [3.05, 3.63) is 0 Å². The number of aliphatic hydroxyl groups is 2. The van der Waals surface area contributed by atoms with E-state index in [-0.39, 0.29) is 12.7 Å². The molecule has 0 unspecified atom stereocenters. The highest BCUT2D eigenvalue weighted by atomic mass is 16.3. The molecule has 2 atom stereocenters. The topological polar surface area (TPSA) is 43.7 Å². The van der Waals surface area contributed by atoms with Crippen LogP contribution in [0, 0.1) is 0 Å². The minimum absolute atomic E-state index is 0.168. The molecule has 1 saturated carbocycles. The van der Waals surface area contributed by atoms with Crippen LogP contribution in [0.15, 0.2) is 0 Å². The highest BCUT2D eigenvalue weighted by Crippen LogP contribution is 2.24. The Kier molecular flexibility index (Phi) is 5.45. The largest absolute Gasteiger partial charge is 0.395 e. The Bertz CT molecular complexity index is 152. The second-order valence-corrected chi connectivity index (χ2v) is 4.18. The van der Waals surface area contributed by atoms with Crippen molar-refractivity contribution in [2.45, 2.75) is 51.2 Å². The van der Waals surface area contributed by atoms with Gasteiger partial charge in [-0.2, -0.15) is 0 Å². The second kappa shape index (κ2) is 6.38. The maximum absolute atomic E-state index is 9.76. The summed E-state index contributed by atoms with van der Waals surface area (Å²) in [6, 6.07) is 0.300. The zero-order valence-electron chi connectivity index (χ0n) is 9.15. The van der Waals surface area contributed by atoms with Gasteiger partial charge in [-0.25, -0.2) is 0 Å². The molecule has 0 aromatic carbocycles.